The lowest BCUT2D eigenvalue weighted by Gasteiger charge is -2.31. The number of carbonyl (C=O) groups is 2. The summed E-state index contributed by atoms with van der Waals surface area (Å²) >= 11 is 0. The smallest absolute Gasteiger partial charge is 0.336 e. The van der Waals surface area contributed by atoms with Crippen LogP contribution in [0.15, 0.2) is 77.1 Å². The Bertz CT molecular complexity index is 1030. The van der Waals surface area contributed by atoms with Crippen molar-refractivity contribution < 1.29 is 23.8 Å². The number of methoxy groups -OCH3 is 2. The Morgan fingerprint density at radius 1 is 0.906 bits per heavy atom. The third-order valence-corrected chi connectivity index (χ3v) is 5.23. The Labute approximate surface area is 188 Å². The van der Waals surface area contributed by atoms with Gasteiger partial charge in [-0.1, -0.05) is 30.3 Å². The average molecular weight is 437 g/mol. The van der Waals surface area contributed by atoms with Crippen LogP contribution >= 0.6 is 0 Å². The SMILES string of the molecule is COCCOC(=O)C1=C(C)NC(C)=C(C(=O)Nc2ccc(OC)cc2)C1c1ccccc1. The van der Waals surface area contributed by atoms with E-state index in [0.29, 0.717) is 40.6 Å². The Hall–Kier alpha value is -3.58. The van der Waals surface area contributed by atoms with Gasteiger partial charge in [-0.15, -0.1) is 0 Å². The van der Waals surface area contributed by atoms with Gasteiger partial charge in [0.25, 0.3) is 5.91 Å². The second-order valence-electron chi connectivity index (χ2n) is 7.36. The fraction of sp³-hybridized carbons (Fsp3) is 0.280. The maximum Gasteiger partial charge on any atom is 0.336 e. The minimum atomic E-state index is -0.578. The highest BCUT2D eigenvalue weighted by Crippen LogP contribution is 2.39. The molecule has 0 spiro atoms. The predicted molar refractivity (Wildman–Crippen MR) is 122 cm³/mol. The highest BCUT2D eigenvalue weighted by molar-refractivity contribution is 6.08. The second-order valence-corrected chi connectivity index (χ2v) is 7.36. The summed E-state index contributed by atoms with van der Waals surface area (Å²) in [6.45, 7) is 4.06. The van der Waals surface area contributed by atoms with E-state index in [4.69, 9.17) is 14.2 Å². The predicted octanol–water partition coefficient (Wildman–Crippen LogP) is 3.76. The Kier molecular flexibility index (Phi) is 7.68. The number of hydrogen-bond acceptors (Lipinski definition) is 6. The number of amides is 1. The molecule has 2 aromatic carbocycles. The molecule has 2 aromatic rings. The normalized spacial score (nSPS) is 15.8. The fourth-order valence-electron chi connectivity index (χ4n) is 3.71. The van der Waals surface area contributed by atoms with Gasteiger partial charge in [0.05, 0.1) is 25.2 Å². The Morgan fingerprint density at radius 2 is 1.56 bits per heavy atom. The van der Waals surface area contributed by atoms with Crippen molar-refractivity contribution in [3.05, 3.63) is 82.7 Å². The van der Waals surface area contributed by atoms with Gasteiger partial charge in [0.15, 0.2) is 0 Å². The minimum Gasteiger partial charge on any atom is -0.497 e. The van der Waals surface area contributed by atoms with Crippen molar-refractivity contribution in [1.82, 2.24) is 5.32 Å². The molecule has 0 aromatic heterocycles. The van der Waals surface area contributed by atoms with Gasteiger partial charge in [-0.05, 0) is 43.7 Å². The van der Waals surface area contributed by atoms with Gasteiger partial charge in [0, 0.05) is 29.8 Å². The molecule has 1 heterocycles. The van der Waals surface area contributed by atoms with E-state index in [1.54, 1.807) is 38.5 Å². The molecule has 1 amide bonds. The van der Waals surface area contributed by atoms with E-state index in [-0.39, 0.29) is 12.5 Å². The quantitative estimate of drug-likeness (QED) is 0.484. The van der Waals surface area contributed by atoms with E-state index < -0.39 is 11.9 Å². The lowest BCUT2D eigenvalue weighted by atomic mass is 9.80. The maximum atomic E-state index is 13.4. The van der Waals surface area contributed by atoms with Crippen LogP contribution in [-0.2, 0) is 19.1 Å². The molecule has 1 unspecified atom stereocenters. The molecule has 0 radical (unpaired) electrons. The number of rotatable bonds is 8. The van der Waals surface area contributed by atoms with Gasteiger partial charge in [-0.3, -0.25) is 4.79 Å². The van der Waals surface area contributed by atoms with E-state index in [9.17, 15) is 9.59 Å². The van der Waals surface area contributed by atoms with Crippen molar-refractivity contribution in [1.29, 1.82) is 0 Å². The van der Waals surface area contributed by atoms with Gasteiger partial charge in [-0.2, -0.15) is 0 Å². The zero-order valence-corrected chi connectivity index (χ0v) is 18.7. The van der Waals surface area contributed by atoms with Gasteiger partial charge in [0.2, 0.25) is 0 Å². The number of dihydropyridines is 1. The molecular weight excluding hydrogens is 408 g/mol. The van der Waals surface area contributed by atoms with E-state index in [1.165, 1.54) is 0 Å². The summed E-state index contributed by atoms with van der Waals surface area (Å²) in [7, 11) is 3.13. The van der Waals surface area contributed by atoms with Crippen molar-refractivity contribution in [2.24, 2.45) is 0 Å². The minimum absolute atomic E-state index is 0.129. The first-order valence-corrected chi connectivity index (χ1v) is 10.3. The molecular formula is C25H28N2O5. The summed E-state index contributed by atoms with van der Waals surface area (Å²) in [5, 5.41) is 6.11. The summed E-state index contributed by atoms with van der Waals surface area (Å²) in [4.78, 5) is 26.4. The first-order chi connectivity index (χ1) is 15.5. The summed E-state index contributed by atoms with van der Waals surface area (Å²) in [6, 6.07) is 16.5. The van der Waals surface area contributed by atoms with Crippen LogP contribution < -0.4 is 15.4 Å². The number of carbonyl (C=O) groups excluding carboxylic acids is 2. The molecule has 0 saturated heterocycles. The van der Waals surface area contributed by atoms with Gasteiger partial charge in [0.1, 0.15) is 12.4 Å². The molecule has 1 atom stereocenters. The number of esters is 1. The molecule has 1 aliphatic heterocycles. The van der Waals surface area contributed by atoms with Crippen LogP contribution in [0.1, 0.15) is 25.3 Å². The molecule has 3 rings (SSSR count). The van der Waals surface area contributed by atoms with Crippen molar-refractivity contribution in [3.8, 4) is 5.75 Å². The number of hydrogen-bond donors (Lipinski definition) is 2. The van der Waals surface area contributed by atoms with Crippen molar-refractivity contribution in [2.75, 3.05) is 32.8 Å². The highest BCUT2D eigenvalue weighted by Gasteiger charge is 2.37. The van der Waals surface area contributed by atoms with Crippen LogP contribution in [0.2, 0.25) is 0 Å². The standard InChI is InChI=1S/C25H28N2O5/c1-16-21(24(28)27-19-10-12-20(31-4)13-11-19)23(18-8-6-5-7-9-18)22(17(2)26-16)25(29)32-15-14-30-3/h5-13,23,26H,14-15H2,1-4H3,(H,27,28). The fourth-order valence-corrected chi connectivity index (χ4v) is 3.71. The number of ether oxygens (including phenoxy) is 3. The Balaban J connectivity index is 1.97. The van der Waals surface area contributed by atoms with E-state index in [0.717, 1.165) is 5.56 Å². The maximum absolute atomic E-state index is 13.4. The van der Waals surface area contributed by atoms with Crippen LogP contribution in [0.3, 0.4) is 0 Å². The molecule has 32 heavy (non-hydrogen) atoms. The summed E-state index contributed by atoms with van der Waals surface area (Å²) in [5.41, 5.74) is 3.63. The van der Waals surface area contributed by atoms with E-state index in [1.807, 2.05) is 44.2 Å². The first kappa shape index (κ1) is 23.1. The van der Waals surface area contributed by atoms with Crippen LogP contribution in [0.5, 0.6) is 5.75 Å². The molecule has 0 saturated carbocycles. The summed E-state index contributed by atoms with van der Waals surface area (Å²) in [5.74, 6) is -0.669. The molecule has 2 N–H and O–H groups in total. The summed E-state index contributed by atoms with van der Waals surface area (Å²) < 4.78 is 15.6. The third kappa shape index (κ3) is 5.18. The van der Waals surface area contributed by atoms with Crippen LogP contribution in [0.4, 0.5) is 5.69 Å². The highest BCUT2D eigenvalue weighted by atomic mass is 16.6. The molecule has 168 valence electrons. The van der Waals surface area contributed by atoms with Crippen LogP contribution in [0, 0.1) is 0 Å². The van der Waals surface area contributed by atoms with Crippen LogP contribution in [-0.4, -0.2) is 39.3 Å². The number of allylic oxidation sites excluding steroid dienone is 2. The van der Waals surface area contributed by atoms with Crippen molar-refractivity contribution >= 4 is 17.6 Å². The average Bonchev–Trinajstić information content (AvgIpc) is 2.79. The molecule has 7 nitrogen and oxygen atoms in total. The largest absolute Gasteiger partial charge is 0.497 e. The molecule has 7 heteroatoms. The zero-order valence-electron chi connectivity index (χ0n) is 18.7. The van der Waals surface area contributed by atoms with E-state index in [2.05, 4.69) is 10.6 Å². The van der Waals surface area contributed by atoms with Gasteiger partial charge < -0.3 is 24.8 Å². The molecule has 0 fully saturated rings. The zero-order chi connectivity index (χ0) is 23.1. The van der Waals surface area contributed by atoms with Gasteiger partial charge in [-0.25, -0.2) is 4.79 Å². The van der Waals surface area contributed by atoms with Crippen LogP contribution in [0.25, 0.3) is 0 Å². The number of anilines is 1. The lowest BCUT2D eigenvalue weighted by Crippen LogP contribution is -2.34. The van der Waals surface area contributed by atoms with E-state index >= 15 is 0 Å². The monoisotopic (exact) mass is 436 g/mol. The Morgan fingerprint density at radius 3 is 2.19 bits per heavy atom. The molecule has 0 bridgehead atoms. The lowest BCUT2D eigenvalue weighted by molar-refractivity contribution is -0.140. The van der Waals surface area contributed by atoms with Crippen molar-refractivity contribution in [3.63, 3.8) is 0 Å². The van der Waals surface area contributed by atoms with Crippen molar-refractivity contribution in [2.45, 2.75) is 19.8 Å². The topological polar surface area (TPSA) is 85.9 Å². The number of benzene rings is 2. The first-order valence-electron chi connectivity index (χ1n) is 10.3. The second kappa shape index (κ2) is 10.6. The third-order valence-electron chi connectivity index (χ3n) is 5.23. The summed E-state index contributed by atoms with van der Waals surface area (Å²) in [6.07, 6.45) is 0. The number of nitrogens with one attached hydrogen (secondary N) is 2. The molecule has 0 aliphatic carbocycles. The molecule has 1 aliphatic rings. The van der Waals surface area contributed by atoms with Gasteiger partial charge >= 0.3 is 5.97 Å².